The summed E-state index contributed by atoms with van der Waals surface area (Å²) >= 11 is 0. The molecule has 0 fully saturated rings. The van der Waals surface area contributed by atoms with Gasteiger partial charge in [0.2, 0.25) is 0 Å². The molecule has 0 bridgehead atoms. The molecule has 5 nitrogen and oxygen atoms in total. The zero-order valence-corrected chi connectivity index (χ0v) is 17.8. The fraction of sp³-hybridized carbons (Fsp3) is 0.360. The van der Waals surface area contributed by atoms with Crippen LogP contribution in [0.15, 0.2) is 57.7 Å². The van der Waals surface area contributed by atoms with Gasteiger partial charge in [0, 0.05) is 17.5 Å². The molecular weight excluding hydrogens is 380 g/mol. The SMILES string of the molecule is CCCCCCc1cc2c(-c3ccccc3)cc(=O)oc2cc1O[C@H](C)C(=O)OC. The molecule has 0 saturated heterocycles. The smallest absolute Gasteiger partial charge is 0.346 e. The van der Waals surface area contributed by atoms with Crippen LogP contribution >= 0.6 is 0 Å². The number of aryl methyl sites for hydroxylation is 1. The number of rotatable bonds is 9. The Morgan fingerprint density at radius 3 is 2.53 bits per heavy atom. The third-order valence-electron chi connectivity index (χ3n) is 5.15. The van der Waals surface area contributed by atoms with Crippen LogP contribution in [-0.4, -0.2) is 19.2 Å². The lowest BCUT2D eigenvalue weighted by molar-refractivity contribution is -0.147. The molecule has 0 aliphatic rings. The Bertz CT molecular complexity index is 1050. The third-order valence-corrected chi connectivity index (χ3v) is 5.15. The minimum Gasteiger partial charge on any atom is -0.479 e. The molecule has 2 aromatic carbocycles. The molecule has 1 aromatic heterocycles. The maximum absolute atomic E-state index is 12.2. The first-order chi connectivity index (χ1) is 14.5. The summed E-state index contributed by atoms with van der Waals surface area (Å²) in [5, 5.41) is 0.851. The average Bonchev–Trinajstić information content (AvgIpc) is 2.76. The first kappa shape index (κ1) is 21.6. The molecule has 3 aromatic rings. The van der Waals surface area contributed by atoms with Crippen LogP contribution in [0.3, 0.4) is 0 Å². The number of methoxy groups -OCH3 is 1. The quantitative estimate of drug-likeness (QED) is 0.265. The van der Waals surface area contributed by atoms with Gasteiger partial charge in [-0.15, -0.1) is 0 Å². The Balaban J connectivity index is 2.09. The molecule has 0 spiro atoms. The van der Waals surface area contributed by atoms with Crippen molar-refractivity contribution in [1.29, 1.82) is 0 Å². The summed E-state index contributed by atoms with van der Waals surface area (Å²) in [6.45, 7) is 3.82. The number of hydrogen-bond donors (Lipinski definition) is 0. The van der Waals surface area contributed by atoms with Crippen LogP contribution in [0, 0.1) is 0 Å². The van der Waals surface area contributed by atoms with Gasteiger partial charge in [-0.2, -0.15) is 0 Å². The number of unbranched alkanes of at least 4 members (excludes halogenated alkanes) is 3. The highest BCUT2D eigenvalue weighted by atomic mass is 16.6. The maximum Gasteiger partial charge on any atom is 0.346 e. The lowest BCUT2D eigenvalue weighted by atomic mass is 9.98. The van der Waals surface area contributed by atoms with Crippen LogP contribution < -0.4 is 10.4 Å². The molecule has 3 rings (SSSR count). The second kappa shape index (κ2) is 10.1. The fourth-order valence-electron chi connectivity index (χ4n) is 3.54. The molecule has 0 aliphatic carbocycles. The van der Waals surface area contributed by atoms with Crippen molar-refractivity contribution in [3.05, 3.63) is 64.5 Å². The Labute approximate surface area is 176 Å². The monoisotopic (exact) mass is 408 g/mol. The van der Waals surface area contributed by atoms with Crippen molar-refractivity contribution in [1.82, 2.24) is 0 Å². The van der Waals surface area contributed by atoms with E-state index >= 15 is 0 Å². The maximum atomic E-state index is 12.2. The summed E-state index contributed by atoms with van der Waals surface area (Å²) in [4.78, 5) is 24.1. The Morgan fingerprint density at radius 1 is 1.07 bits per heavy atom. The predicted octanol–water partition coefficient (Wildman–Crippen LogP) is 5.52. The van der Waals surface area contributed by atoms with Gasteiger partial charge in [-0.1, -0.05) is 56.5 Å². The number of hydrogen-bond acceptors (Lipinski definition) is 5. The van der Waals surface area contributed by atoms with Crippen molar-refractivity contribution in [2.24, 2.45) is 0 Å². The summed E-state index contributed by atoms with van der Waals surface area (Å²) in [6, 6.07) is 15.0. The van der Waals surface area contributed by atoms with Crippen molar-refractivity contribution in [3.8, 4) is 16.9 Å². The predicted molar refractivity (Wildman–Crippen MR) is 118 cm³/mol. The van der Waals surface area contributed by atoms with Crippen LogP contribution in [0.5, 0.6) is 5.75 Å². The molecule has 0 unspecified atom stereocenters. The van der Waals surface area contributed by atoms with Crippen molar-refractivity contribution in [2.75, 3.05) is 7.11 Å². The second-order valence-electron chi connectivity index (χ2n) is 7.40. The topological polar surface area (TPSA) is 65.7 Å². The minimum atomic E-state index is -0.758. The number of esters is 1. The Morgan fingerprint density at radius 2 is 1.83 bits per heavy atom. The molecule has 30 heavy (non-hydrogen) atoms. The van der Waals surface area contributed by atoms with Crippen LogP contribution in [0.25, 0.3) is 22.1 Å². The number of ether oxygens (including phenoxy) is 2. The summed E-state index contributed by atoms with van der Waals surface area (Å²) in [5.41, 5.74) is 2.77. The highest BCUT2D eigenvalue weighted by Crippen LogP contribution is 2.33. The van der Waals surface area contributed by atoms with Gasteiger partial charge in [0.15, 0.2) is 6.10 Å². The van der Waals surface area contributed by atoms with E-state index in [0.29, 0.717) is 11.3 Å². The first-order valence-corrected chi connectivity index (χ1v) is 10.4. The van der Waals surface area contributed by atoms with Crippen molar-refractivity contribution in [2.45, 2.75) is 52.1 Å². The molecule has 0 radical (unpaired) electrons. The van der Waals surface area contributed by atoms with E-state index in [0.717, 1.165) is 47.8 Å². The fourth-order valence-corrected chi connectivity index (χ4v) is 3.54. The summed E-state index contributed by atoms with van der Waals surface area (Å²) in [6.07, 6.45) is 4.52. The Kier molecular flexibility index (Phi) is 7.28. The molecule has 0 aliphatic heterocycles. The standard InChI is InChI=1S/C25H28O5/c1-4-5-6-8-13-19-14-21-20(18-11-9-7-10-12-18)15-24(26)30-23(21)16-22(19)29-17(2)25(27)28-3/h7,9-12,14-17H,4-6,8,13H2,1-3H3/t17-/m1/s1. The summed E-state index contributed by atoms with van der Waals surface area (Å²) in [7, 11) is 1.33. The van der Waals surface area contributed by atoms with E-state index in [-0.39, 0.29) is 0 Å². The highest BCUT2D eigenvalue weighted by Gasteiger charge is 2.19. The minimum absolute atomic E-state index is 0.427. The van der Waals surface area contributed by atoms with Gasteiger partial charge in [0.25, 0.3) is 0 Å². The van der Waals surface area contributed by atoms with E-state index in [9.17, 15) is 9.59 Å². The van der Waals surface area contributed by atoms with Gasteiger partial charge in [-0.05, 0) is 42.5 Å². The number of benzene rings is 2. The number of carbonyl (C=O) groups is 1. The van der Waals surface area contributed by atoms with E-state index in [2.05, 4.69) is 6.92 Å². The second-order valence-corrected chi connectivity index (χ2v) is 7.40. The van der Waals surface area contributed by atoms with Gasteiger partial charge >= 0.3 is 11.6 Å². The first-order valence-electron chi connectivity index (χ1n) is 10.4. The van der Waals surface area contributed by atoms with Crippen LogP contribution in [0.2, 0.25) is 0 Å². The van der Waals surface area contributed by atoms with E-state index < -0.39 is 17.7 Å². The van der Waals surface area contributed by atoms with Crippen LogP contribution in [0.4, 0.5) is 0 Å². The van der Waals surface area contributed by atoms with Gasteiger partial charge in [0.1, 0.15) is 11.3 Å². The molecule has 0 amide bonds. The highest BCUT2D eigenvalue weighted by molar-refractivity contribution is 5.94. The summed E-state index contributed by atoms with van der Waals surface area (Å²) in [5.74, 6) is 0.0942. The lowest BCUT2D eigenvalue weighted by Crippen LogP contribution is -2.25. The van der Waals surface area contributed by atoms with E-state index in [1.807, 2.05) is 36.4 Å². The third kappa shape index (κ3) is 5.09. The zero-order chi connectivity index (χ0) is 21.5. The molecule has 1 heterocycles. The molecule has 0 saturated carbocycles. The Hall–Kier alpha value is -3.08. The van der Waals surface area contributed by atoms with E-state index in [1.165, 1.54) is 19.6 Å². The van der Waals surface area contributed by atoms with E-state index in [4.69, 9.17) is 13.9 Å². The van der Waals surface area contributed by atoms with Crippen molar-refractivity contribution < 1.29 is 18.7 Å². The molecular formula is C25H28O5. The van der Waals surface area contributed by atoms with Crippen molar-refractivity contribution in [3.63, 3.8) is 0 Å². The summed E-state index contributed by atoms with van der Waals surface area (Å²) < 4.78 is 16.2. The largest absolute Gasteiger partial charge is 0.479 e. The molecule has 1 atom stereocenters. The number of carbonyl (C=O) groups excluding carboxylic acids is 1. The van der Waals surface area contributed by atoms with Gasteiger partial charge in [-0.25, -0.2) is 9.59 Å². The zero-order valence-electron chi connectivity index (χ0n) is 17.8. The number of fused-ring (bicyclic) bond motifs is 1. The average molecular weight is 408 g/mol. The van der Waals surface area contributed by atoms with E-state index in [1.54, 1.807) is 13.0 Å². The van der Waals surface area contributed by atoms with Gasteiger partial charge in [0.05, 0.1) is 7.11 Å². The van der Waals surface area contributed by atoms with Gasteiger partial charge < -0.3 is 13.9 Å². The van der Waals surface area contributed by atoms with Crippen LogP contribution in [0.1, 0.15) is 45.1 Å². The van der Waals surface area contributed by atoms with Crippen LogP contribution in [-0.2, 0) is 16.0 Å². The lowest BCUT2D eigenvalue weighted by Gasteiger charge is -2.17. The normalized spacial score (nSPS) is 12.0. The van der Waals surface area contributed by atoms with Gasteiger partial charge in [-0.3, -0.25) is 0 Å². The molecule has 158 valence electrons. The molecule has 0 N–H and O–H groups in total. The van der Waals surface area contributed by atoms with Crippen molar-refractivity contribution >= 4 is 16.9 Å². The molecule has 5 heteroatoms.